The van der Waals surface area contributed by atoms with Gasteiger partial charge in [-0.15, -0.1) is 11.3 Å². The Labute approximate surface area is 115 Å². The Morgan fingerprint density at radius 3 is 2.89 bits per heavy atom. The maximum atomic E-state index is 12.1. The van der Waals surface area contributed by atoms with E-state index in [9.17, 15) is 14.7 Å². The number of piperidine rings is 1. The lowest BCUT2D eigenvalue weighted by Gasteiger charge is -2.35. The topological polar surface area (TPSA) is 82.5 Å². The maximum Gasteiger partial charge on any atom is 0.326 e. The van der Waals surface area contributed by atoms with E-state index in [1.807, 2.05) is 13.8 Å². The normalized spacial score (nSPS) is 23.2. The molecule has 104 valence electrons. The number of carbonyl (C=O) groups excluding carboxylic acids is 1. The fraction of sp³-hybridized carbons (Fsp3) is 0.583. The number of carbonyl (C=O) groups is 2. The van der Waals surface area contributed by atoms with Gasteiger partial charge in [-0.05, 0) is 25.7 Å². The Morgan fingerprint density at radius 2 is 2.32 bits per heavy atom. The third-order valence-electron chi connectivity index (χ3n) is 3.25. The molecule has 0 saturated carbocycles. The van der Waals surface area contributed by atoms with Gasteiger partial charge in [0.05, 0.1) is 0 Å². The summed E-state index contributed by atoms with van der Waals surface area (Å²) in [6, 6.07) is -1.13. The van der Waals surface area contributed by atoms with Gasteiger partial charge in [-0.2, -0.15) is 0 Å². The number of hydrogen-bond donors (Lipinski definition) is 2. The van der Waals surface area contributed by atoms with Crippen LogP contribution in [0.1, 0.15) is 24.6 Å². The molecule has 2 unspecified atom stereocenters. The first-order chi connectivity index (χ1) is 8.97. The van der Waals surface area contributed by atoms with Gasteiger partial charge >= 0.3 is 12.0 Å². The number of amides is 2. The first-order valence-electron chi connectivity index (χ1n) is 6.20. The van der Waals surface area contributed by atoms with Crippen LogP contribution < -0.4 is 5.32 Å². The summed E-state index contributed by atoms with van der Waals surface area (Å²) >= 11 is 1.37. The van der Waals surface area contributed by atoms with E-state index in [0.717, 1.165) is 11.3 Å². The van der Waals surface area contributed by atoms with Crippen molar-refractivity contribution < 1.29 is 14.7 Å². The van der Waals surface area contributed by atoms with Gasteiger partial charge in [0.15, 0.2) is 5.13 Å². The van der Waals surface area contributed by atoms with Crippen LogP contribution in [0, 0.1) is 12.8 Å². The Balaban J connectivity index is 2.06. The molecule has 1 aliphatic heterocycles. The van der Waals surface area contributed by atoms with Crippen molar-refractivity contribution in [3.05, 3.63) is 11.1 Å². The summed E-state index contributed by atoms with van der Waals surface area (Å²) in [6.07, 6.45) is 3.00. The van der Waals surface area contributed by atoms with Crippen LogP contribution in [-0.2, 0) is 4.79 Å². The molecule has 2 N–H and O–H groups in total. The lowest BCUT2D eigenvalue weighted by atomic mass is 9.93. The molecule has 1 aliphatic rings. The van der Waals surface area contributed by atoms with Crippen LogP contribution in [0.4, 0.5) is 9.93 Å². The molecular weight excluding hydrogens is 266 g/mol. The van der Waals surface area contributed by atoms with Gasteiger partial charge in [0, 0.05) is 17.6 Å². The van der Waals surface area contributed by atoms with E-state index < -0.39 is 12.0 Å². The minimum absolute atomic E-state index is 0.326. The number of aliphatic carboxylic acids is 1. The van der Waals surface area contributed by atoms with Crippen LogP contribution in [0.5, 0.6) is 0 Å². The van der Waals surface area contributed by atoms with Gasteiger partial charge in [-0.1, -0.05) is 6.92 Å². The van der Waals surface area contributed by atoms with Crippen LogP contribution in [0.3, 0.4) is 0 Å². The van der Waals surface area contributed by atoms with Gasteiger partial charge in [-0.3, -0.25) is 5.32 Å². The summed E-state index contributed by atoms with van der Waals surface area (Å²) in [5, 5.41) is 12.4. The molecule has 0 spiro atoms. The molecule has 1 fully saturated rings. The molecule has 1 aromatic heterocycles. The largest absolute Gasteiger partial charge is 0.480 e. The number of carboxylic acid groups (broad SMARTS) is 1. The fourth-order valence-electron chi connectivity index (χ4n) is 2.19. The second-order valence-corrected chi connectivity index (χ2v) is 6.12. The SMILES string of the molecule is Cc1cnc(NC(=O)N2CCC(C)CC2C(=O)O)s1. The number of rotatable bonds is 2. The van der Waals surface area contributed by atoms with Crippen LogP contribution in [0.25, 0.3) is 0 Å². The third kappa shape index (κ3) is 3.23. The lowest BCUT2D eigenvalue weighted by molar-refractivity contribution is -0.143. The average Bonchev–Trinajstić information content (AvgIpc) is 2.74. The summed E-state index contributed by atoms with van der Waals surface area (Å²) in [5.74, 6) is -0.621. The molecule has 6 nitrogen and oxygen atoms in total. The van der Waals surface area contributed by atoms with E-state index in [1.165, 1.54) is 16.2 Å². The van der Waals surface area contributed by atoms with Gasteiger partial charge in [0.2, 0.25) is 0 Å². The van der Waals surface area contributed by atoms with Crippen LogP contribution in [0.2, 0.25) is 0 Å². The summed E-state index contributed by atoms with van der Waals surface area (Å²) < 4.78 is 0. The zero-order valence-electron chi connectivity index (χ0n) is 10.9. The Bertz CT molecular complexity index is 488. The molecule has 0 aliphatic carbocycles. The molecule has 19 heavy (non-hydrogen) atoms. The van der Waals surface area contributed by atoms with Crippen molar-refractivity contribution in [3.63, 3.8) is 0 Å². The summed E-state index contributed by atoms with van der Waals surface area (Å²) in [4.78, 5) is 29.8. The average molecular weight is 283 g/mol. The standard InChI is InChI=1S/C12H17N3O3S/c1-7-3-4-15(9(5-7)10(16)17)12(18)14-11-13-6-8(2)19-11/h6-7,9H,3-5H2,1-2H3,(H,16,17)(H,13,14,18). The number of anilines is 1. The third-order valence-corrected chi connectivity index (χ3v) is 4.07. The van der Waals surface area contributed by atoms with Crippen molar-refractivity contribution in [2.24, 2.45) is 5.92 Å². The van der Waals surface area contributed by atoms with E-state index in [4.69, 9.17) is 0 Å². The predicted octanol–water partition coefficient (Wildman–Crippen LogP) is 2.17. The van der Waals surface area contributed by atoms with Gasteiger partial charge in [-0.25, -0.2) is 14.6 Å². The number of carboxylic acids is 1. The highest BCUT2D eigenvalue weighted by Gasteiger charge is 2.34. The van der Waals surface area contributed by atoms with E-state index in [-0.39, 0.29) is 6.03 Å². The number of aromatic nitrogens is 1. The summed E-state index contributed by atoms with van der Waals surface area (Å²) in [5.41, 5.74) is 0. The van der Waals surface area contributed by atoms with Crippen molar-refractivity contribution in [1.29, 1.82) is 0 Å². The predicted molar refractivity (Wildman–Crippen MR) is 72.4 cm³/mol. The van der Waals surface area contributed by atoms with E-state index in [0.29, 0.717) is 24.0 Å². The fourth-order valence-corrected chi connectivity index (χ4v) is 2.85. The quantitative estimate of drug-likeness (QED) is 0.871. The van der Waals surface area contributed by atoms with Crippen molar-refractivity contribution >= 4 is 28.5 Å². The molecular formula is C12H17N3O3S. The molecule has 2 heterocycles. The monoisotopic (exact) mass is 283 g/mol. The minimum Gasteiger partial charge on any atom is -0.480 e. The van der Waals surface area contributed by atoms with Gasteiger partial charge < -0.3 is 10.0 Å². The molecule has 0 bridgehead atoms. The van der Waals surface area contributed by atoms with Gasteiger partial charge in [0.1, 0.15) is 6.04 Å². The molecule has 2 amide bonds. The molecule has 0 aromatic carbocycles. The molecule has 2 atom stereocenters. The molecule has 0 radical (unpaired) electrons. The first kappa shape index (κ1) is 13.8. The number of nitrogens with one attached hydrogen (secondary N) is 1. The van der Waals surface area contributed by atoms with Crippen molar-refractivity contribution in [2.75, 3.05) is 11.9 Å². The number of likely N-dealkylation sites (tertiary alicyclic amines) is 1. The number of aryl methyl sites for hydroxylation is 1. The Morgan fingerprint density at radius 1 is 1.58 bits per heavy atom. The van der Waals surface area contributed by atoms with Crippen LogP contribution in [-0.4, -0.2) is 39.6 Å². The van der Waals surface area contributed by atoms with Crippen molar-refractivity contribution in [2.45, 2.75) is 32.7 Å². The smallest absolute Gasteiger partial charge is 0.326 e. The zero-order valence-corrected chi connectivity index (χ0v) is 11.7. The molecule has 1 aromatic rings. The second-order valence-electron chi connectivity index (χ2n) is 4.88. The van der Waals surface area contributed by atoms with Gasteiger partial charge in [0.25, 0.3) is 0 Å². The lowest BCUT2D eigenvalue weighted by Crippen LogP contribution is -2.51. The number of urea groups is 1. The highest BCUT2D eigenvalue weighted by molar-refractivity contribution is 7.15. The zero-order chi connectivity index (χ0) is 14.0. The Hall–Kier alpha value is -1.63. The van der Waals surface area contributed by atoms with Crippen LogP contribution in [0.15, 0.2) is 6.20 Å². The maximum absolute atomic E-state index is 12.1. The summed E-state index contributed by atoms with van der Waals surface area (Å²) in [7, 11) is 0. The van der Waals surface area contributed by atoms with E-state index in [1.54, 1.807) is 6.20 Å². The number of thiazole rings is 1. The summed E-state index contributed by atoms with van der Waals surface area (Å²) in [6.45, 7) is 4.37. The van der Waals surface area contributed by atoms with Crippen LogP contribution >= 0.6 is 11.3 Å². The first-order valence-corrected chi connectivity index (χ1v) is 7.02. The highest BCUT2D eigenvalue weighted by atomic mass is 32.1. The van der Waals surface area contributed by atoms with Crippen molar-refractivity contribution in [1.82, 2.24) is 9.88 Å². The minimum atomic E-state index is -0.947. The molecule has 7 heteroatoms. The molecule has 1 saturated heterocycles. The van der Waals surface area contributed by atoms with Crippen molar-refractivity contribution in [3.8, 4) is 0 Å². The second kappa shape index (κ2) is 5.56. The highest BCUT2D eigenvalue weighted by Crippen LogP contribution is 2.24. The van der Waals surface area contributed by atoms with E-state index >= 15 is 0 Å². The van der Waals surface area contributed by atoms with E-state index in [2.05, 4.69) is 10.3 Å². The number of nitrogens with zero attached hydrogens (tertiary/aromatic N) is 2. The molecule has 2 rings (SSSR count). The Kier molecular flexibility index (Phi) is 4.04. The number of hydrogen-bond acceptors (Lipinski definition) is 4.